The fourth-order valence-electron chi connectivity index (χ4n) is 2.83. The summed E-state index contributed by atoms with van der Waals surface area (Å²) in [6, 6.07) is 8.06. The summed E-state index contributed by atoms with van der Waals surface area (Å²) in [4.78, 5) is 10.6. The zero-order chi connectivity index (χ0) is 16.8. The first-order chi connectivity index (χ1) is 11.8. The average Bonchev–Trinajstić information content (AvgIpc) is 3.08. The minimum atomic E-state index is -0.315. The number of benzene rings is 1. The zero-order valence-electron chi connectivity index (χ0n) is 13.4. The van der Waals surface area contributed by atoms with E-state index < -0.39 is 0 Å². The predicted octanol–water partition coefficient (Wildman–Crippen LogP) is 2.07. The van der Waals surface area contributed by atoms with Gasteiger partial charge in [-0.3, -0.25) is 0 Å². The zero-order valence-corrected chi connectivity index (χ0v) is 13.4. The molecular weight excluding hydrogens is 311 g/mol. The Hall–Kier alpha value is -2.41. The lowest BCUT2D eigenvalue weighted by Gasteiger charge is -2.24. The number of hydrogen-bond donors (Lipinski definition) is 2. The number of ether oxygens (including phenoxy) is 1. The molecule has 1 aliphatic rings. The van der Waals surface area contributed by atoms with Crippen molar-refractivity contribution >= 4 is 11.6 Å². The molecule has 6 nitrogen and oxygen atoms in total. The SMILES string of the molecule is OC[C@@H]1CCCN1c1cc(NCCOc2cccc(F)c2)ncn1. The van der Waals surface area contributed by atoms with Crippen molar-refractivity contribution < 1.29 is 14.2 Å². The molecule has 2 aromatic rings. The molecule has 1 atom stereocenters. The van der Waals surface area contributed by atoms with E-state index in [1.165, 1.54) is 18.5 Å². The van der Waals surface area contributed by atoms with Crippen molar-refractivity contribution in [1.82, 2.24) is 9.97 Å². The number of aromatic nitrogens is 2. The molecular formula is C17H21FN4O2. The van der Waals surface area contributed by atoms with Crippen molar-refractivity contribution in [1.29, 1.82) is 0 Å². The third-order valence-corrected chi connectivity index (χ3v) is 4.01. The second-order valence-electron chi connectivity index (χ2n) is 5.67. The maximum Gasteiger partial charge on any atom is 0.134 e. The molecule has 0 amide bonds. The fourth-order valence-corrected chi connectivity index (χ4v) is 2.83. The van der Waals surface area contributed by atoms with Gasteiger partial charge in [0.15, 0.2) is 0 Å². The third kappa shape index (κ3) is 4.11. The summed E-state index contributed by atoms with van der Waals surface area (Å²) in [5.74, 6) is 1.70. The van der Waals surface area contributed by atoms with Crippen LogP contribution in [0.1, 0.15) is 12.8 Å². The molecule has 0 spiro atoms. The minimum absolute atomic E-state index is 0.129. The van der Waals surface area contributed by atoms with Crippen LogP contribution in [0.15, 0.2) is 36.7 Å². The molecule has 1 aliphatic heterocycles. The molecule has 1 saturated heterocycles. The van der Waals surface area contributed by atoms with Gasteiger partial charge in [0, 0.05) is 18.7 Å². The van der Waals surface area contributed by atoms with E-state index in [0.717, 1.165) is 25.2 Å². The number of rotatable bonds is 7. The highest BCUT2D eigenvalue weighted by Gasteiger charge is 2.25. The summed E-state index contributed by atoms with van der Waals surface area (Å²) in [5.41, 5.74) is 0. The number of nitrogens with zero attached hydrogens (tertiary/aromatic N) is 3. The van der Waals surface area contributed by atoms with Crippen molar-refractivity contribution in [3.8, 4) is 5.75 Å². The van der Waals surface area contributed by atoms with E-state index in [0.29, 0.717) is 24.7 Å². The van der Waals surface area contributed by atoms with Crippen LogP contribution in [0, 0.1) is 5.82 Å². The average molecular weight is 332 g/mol. The first kappa shape index (κ1) is 16.4. The molecule has 0 saturated carbocycles. The topological polar surface area (TPSA) is 70.5 Å². The van der Waals surface area contributed by atoms with Gasteiger partial charge in [-0.2, -0.15) is 0 Å². The van der Waals surface area contributed by atoms with E-state index in [9.17, 15) is 9.50 Å². The first-order valence-electron chi connectivity index (χ1n) is 8.08. The summed E-state index contributed by atoms with van der Waals surface area (Å²) in [5, 5.41) is 12.6. The Morgan fingerprint density at radius 3 is 3.08 bits per heavy atom. The van der Waals surface area contributed by atoms with Crippen LogP contribution in [0.5, 0.6) is 5.75 Å². The molecule has 0 unspecified atom stereocenters. The van der Waals surface area contributed by atoms with Gasteiger partial charge in [-0.1, -0.05) is 6.07 Å². The van der Waals surface area contributed by atoms with E-state index in [-0.39, 0.29) is 18.5 Å². The Morgan fingerprint density at radius 2 is 2.25 bits per heavy atom. The standard InChI is InChI=1S/C17H21FN4O2/c18-13-3-1-5-15(9-13)24-8-6-19-16-10-17(21-12-20-16)22-7-2-4-14(22)11-23/h1,3,5,9-10,12,14,23H,2,4,6-8,11H2,(H,19,20,21)/t14-/m0/s1. The van der Waals surface area contributed by atoms with Gasteiger partial charge >= 0.3 is 0 Å². The smallest absolute Gasteiger partial charge is 0.134 e. The highest BCUT2D eigenvalue weighted by Crippen LogP contribution is 2.24. The van der Waals surface area contributed by atoms with Crippen molar-refractivity contribution in [3.63, 3.8) is 0 Å². The number of halogens is 1. The minimum Gasteiger partial charge on any atom is -0.492 e. The number of nitrogens with one attached hydrogen (secondary N) is 1. The normalized spacial score (nSPS) is 17.1. The van der Waals surface area contributed by atoms with Crippen LogP contribution < -0.4 is 15.0 Å². The van der Waals surface area contributed by atoms with Crippen LogP contribution in [-0.2, 0) is 0 Å². The Balaban J connectivity index is 1.51. The summed E-state index contributed by atoms with van der Waals surface area (Å²) in [7, 11) is 0. The number of hydrogen-bond acceptors (Lipinski definition) is 6. The van der Waals surface area contributed by atoms with Gasteiger partial charge in [-0.05, 0) is 25.0 Å². The first-order valence-corrected chi connectivity index (χ1v) is 8.08. The number of aliphatic hydroxyl groups is 1. The van der Waals surface area contributed by atoms with Gasteiger partial charge in [0.1, 0.15) is 36.1 Å². The highest BCUT2D eigenvalue weighted by atomic mass is 19.1. The maximum atomic E-state index is 13.1. The van der Waals surface area contributed by atoms with Crippen molar-refractivity contribution in [3.05, 3.63) is 42.5 Å². The largest absolute Gasteiger partial charge is 0.492 e. The lowest BCUT2D eigenvalue weighted by atomic mass is 10.2. The van der Waals surface area contributed by atoms with E-state index in [2.05, 4.69) is 20.2 Å². The molecule has 0 aliphatic carbocycles. The van der Waals surface area contributed by atoms with Crippen LogP contribution in [0.3, 0.4) is 0 Å². The summed E-state index contributed by atoms with van der Waals surface area (Å²) in [6.07, 6.45) is 3.54. The molecule has 1 fully saturated rings. The van der Waals surface area contributed by atoms with Crippen LogP contribution in [0.2, 0.25) is 0 Å². The van der Waals surface area contributed by atoms with Gasteiger partial charge in [-0.25, -0.2) is 14.4 Å². The molecule has 2 heterocycles. The predicted molar refractivity (Wildman–Crippen MR) is 89.9 cm³/mol. The van der Waals surface area contributed by atoms with Crippen molar-refractivity contribution in [2.75, 3.05) is 36.5 Å². The summed E-state index contributed by atoms with van der Waals surface area (Å²) in [6.45, 7) is 1.96. The van der Waals surface area contributed by atoms with Gasteiger partial charge in [0.2, 0.25) is 0 Å². The number of aliphatic hydroxyl groups excluding tert-OH is 1. The van der Waals surface area contributed by atoms with Gasteiger partial charge in [-0.15, -0.1) is 0 Å². The molecule has 0 bridgehead atoms. The van der Waals surface area contributed by atoms with Crippen LogP contribution in [-0.4, -0.2) is 47.4 Å². The van der Waals surface area contributed by atoms with E-state index in [1.807, 2.05) is 6.07 Å². The van der Waals surface area contributed by atoms with Gasteiger partial charge in [0.05, 0.1) is 19.2 Å². The summed E-state index contributed by atoms with van der Waals surface area (Å²) < 4.78 is 18.5. The fraction of sp³-hybridized carbons (Fsp3) is 0.412. The lowest BCUT2D eigenvalue weighted by Crippen LogP contribution is -2.32. The van der Waals surface area contributed by atoms with E-state index >= 15 is 0 Å². The Labute approximate surface area is 140 Å². The molecule has 1 aromatic carbocycles. The van der Waals surface area contributed by atoms with Crippen molar-refractivity contribution in [2.24, 2.45) is 0 Å². The van der Waals surface area contributed by atoms with Crippen molar-refractivity contribution in [2.45, 2.75) is 18.9 Å². The van der Waals surface area contributed by atoms with Crippen LogP contribution >= 0.6 is 0 Å². The quantitative estimate of drug-likeness (QED) is 0.757. The van der Waals surface area contributed by atoms with E-state index in [1.54, 1.807) is 12.1 Å². The lowest BCUT2D eigenvalue weighted by molar-refractivity contribution is 0.266. The molecule has 7 heteroatoms. The molecule has 1 aromatic heterocycles. The summed E-state index contributed by atoms with van der Waals surface area (Å²) >= 11 is 0. The molecule has 24 heavy (non-hydrogen) atoms. The Morgan fingerprint density at radius 1 is 1.33 bits per heavy atom. The number of anilines is 2. The van der Waals surface area contributed by atoms with Gasteiger partial charge in [0.25, 0.3) is 0 Å². The van der Waals surface area contributed by atoms with Gasteiger partial charge < -0.3 is 20.1 Å². The molecule has 2 N–H and O–H groups in total. The molecule has 0 radical (unpaired) electrons. The Bertz CT molecular complexity index is 671. The van der Waals surface area contributed by atoms with E-state index in [4.69, 9.17) is 4.74 Å². The second kappa shape index (κ2) is 7.92. The molecule has 128 valence electrons. The molecule has 3 rings (SSSR count). The second-order valence-corrected chi connectivity index (χ2v) is 5.67. The monoisotopic (exact) mass is 332 g/mol. The van der Waals surface area contributed by atoms with Crippen LogP contribution in [0.25, 0.3) is 0 Å². The maximum absolute atomic E-state index is 13.1. The van der Waals surface area contributed by atoms with Crippen LogP contribution in [0.4, 0.5) is 16.0 Å². The third-order valence-electron chi connectivity index (χ3n) is 4.01. The Kier molecular flexibility index (Phi) is 5.43. The highest BCUT2D eigenvalue weighted by molar-refractivity contribution is 5.49.